The van der Waals surface area contributed by atoms with Crippen LogP contribution >= 0.6 is 23.2 Å². The van der Waals surface area contributed by atoms with Gasteiger partial charge in [0.1, 0.15) is 5.02 Å². The van der Waals surface area contributed by atoms with Crippen LogP contribution in [0.15, 0.2) is 4.79 Å². The van der Waals surface area contributed by atoms with Gasteiger partial charge in [0, 0.05) is 0 Å². The summed E-state index contributed by atoms with van der Waals surface area (Å²) in [5, 5.41) is -0.223. The van der Waals surface area contributed by atoms with Crippen molar-refractivity contribution in [3.05, 3.63) is 20.5 Å². The van der Waals surface area contributed by atoms with E-state index in [0.717, 1.165) is 0 Å². The van der Waals surface area contributed by atoms with Crippen LogP contribution in [0.5, 0.6) is 0 Å². The smallest absolute Gasteiger partial charge is 0.272 e. The Bertz CT molecular complexity index is 308. The van der Waals surface area contributed by atoms with Gasteiger partial charge in [0.25, 0.3) is 5.56 Å². The number of aromatic amines is 1. The molecule has 0 aliphatic rings. The molecule has 0 aliphatic carbocycles. The molecule has 0 aliphatic heterocycles. The molecule has 4 nitrogen and oxygen atoms in total. The first-order chi connectivity index (χ1) is 4.61. The van der Waals surface area contributed by atoms with Gasteiger partial charge in [0.15, 0.2) is 5.15 Å². The topological polar surface area (TPSA) is 71.8 Å². The summed E-state index contributed by atoms with van der Waals surface area (Å²) >= 11 is 10.7. The highest BCUT2D eigenvalue weighted by molar-refractivity contribution is 6.41. The summed E-state index contributed by atoms with van der Waals surface area (Å²) in [6.07, 6.45) is 0. The van der Waals surface area contributed by atoms with Crippen molar-refractivity contribution >= 4 is 29.2 Å². The maximum atomic E-state index is 10.7. The highest BCUT2D eigenvalue weighted by Gasteiger charge is 2.03. The Labute approximate surface area is 66.0 Å². The molecule has 6 heteroatoms. The zero-order valence-electron chi connectivity index (χ0n) is 4.69. The number of halogens is 2. The van der Waals surface area contributed by atoms with Gasteiger partial charge in [-0.1, -0.05) is 23.2 Å². The predicted molar refractivity (Wildman–Crippen MR) is 39.3 cm³/mol. The molecule has 1 heterocycles. The summed E-state index contributed by atoms with van der Waals surface area (Å²) in [6.45, 7) is 0. The Balaban J connectivity index is 3.46. The number of H-pyrrole nitrogens is 1. The zero-order valence-corrected chi connectivity index (χ0v) is 6.20. The molecule has 1 rings (SSSR count). The molecule has 0 radical (unpaired) electrons. The van der Waals surface area contributed by atoms with Crippen LogP contribution in [-0.4, -0.2) is 9.97 Å². The van der Waals surface area contributed by atoms with Crippen molar-refractivity contribution in [2.24, 2.45) is 0 Å². The average Bonchev–Trinajstić information content (AvgIpc) is 1.82. The van der Waals surface area contributed by atoms with Crippen LogP contribution in [0.3, 0.4) is 0 Å². The van der Waals surface area contributed by atoms with Crippen molar-refractivity contribution in [3.8, 4) is 0 Å². The molecule has 0 aromatic carbocycles. The standard InChI is InChI=1S/C4H3Cl2N3O/c5-1-2(6)8-4(7)9-3(1)10/h(H3,7,8,9,10). The van der Waals surface area contributed by atoms with Gasteiger partial charge in [-0.15, -0.1) is 0 Å². The minimum atomic E-state index is -0.529. The summed E-state index contributed by atoms with van der Waals surface area (Å²) in [6, 6.07) is 0. The molecule has 1 aromatic rings. The van der Waals surface area contributed by atoms with Gasteiger partial charge in [0.2, 0.25) is 5.95 Å². The van der Waals surface area contributed by atoms with E-state index in [1.807, 2.05) is 0 Å². The Morgan fingerprint density at radius 2 is 2.10 bits per heavy atom. The van der Waals surface area contributed by atoms with Crippen molar-refractivity contribution in [2.45, 2.75) is 0 Å². The van der Waals surface area contributed by atoms with E-state index >= 15 is 0 Å². The number of aromatic nitrogens is 2. The lowest BCUT2D eigenvalue weighted by atomic mass is 10.6. The van der Waals surface area contributed by atoms with E-state index < -0.39 is 5.56 Å². The summed E-state index contributed by atoms with van der Waals surface area (Å²) in [5.74, 6) is -0.0422. The molecular weight excluding hydrogens is 177 g/mol. The van der Waals surface area contributed by atoms with Crippen LogP contribution in [0.2, 0.25) is 10.2 Å². The Morgan fingerprint density at radius 1 is 1.50 bits per heavy atom. The van der Waals surface area contributed by atoms with Crippen molar-refractivity contribution < 1.29 is 0 Å². The molecule has 0 fully saturated rings. The second kappa shape index (κ2) is 2.48. The highest BCUT2D eigenvalue weighted by Crippen LogP contribution is 2.13. The quantitative estimate of drug-likeness (QED) is 0.576. The minimum absolute atomic E-state index is 0.0422. The second-order valence-electron chi connectivity index (χ2n) is 1.56. The third-order valence-corrected chi connectivity index (χ3v) is 1.56. The van der Waals surface area contributed by atoms with Crippen LogP contribution in [-0.2, 0) is 0 Å². The summed E-state index contributed by atoms with van der Waals surface area (Å²) in [5.41, 5.74) is 4.59. The maximum absolute atomic E-state index is 10.7. The lowest BCUT2D eigenvalue weighted by Gasteiger charge is -1.93. The van der Waals surface area contributed by atoms with Gasteiger partial charge in [-0.25, -0.2) is 4.98 Å². The number of nitrogens with zero attached hydrogens (tertiary/aromatic N) is 1. The van der Waals surface area contributed by atoms with Gasteiger partial charge in [-0.05, 0) is 0 Å². The van der Waals surface area contributed by atoms with Crippen LogP contribution in [0.25, 0.3) is 0 Å². The minimum Gasteiger partial charge on any atom is -0.369 e. The predicted octanol–water partition coefficient (Wildman–Crippen LogP) is 0.659. The normalized spacial score (nSPS) is 9.80. The van der Waals surface area contributed by atoms with Gasteiger partial charge in [-0.3, -0.25) is 9.78 Å². The van der Waals surface area contributed by atoms with E-state index in [4.69, 9.17) is 28.9 Å². The molecule has 0 atom stereocenters. The molecule has 0 saturated carbocycles. The summed E-state index contributed by atoms with van der Waals surface area (Å²) in [4.78, 5) is 16.3. The lowest BCUT2D eigenvalue weighted by Crippen LogP contribution is -2.11. The first-order valence-corrected chi connectivity index (χ1v) is 3.07. The number of nitrogens with one attached hydrogen (secondary N) is 1. The molecular formula is C4H3Cl2N3O. The largest absolute Gasteiger partial charge is 0.369 e. The number of hydrogen-bond donors (Lipinski definition) is 2. The monoisotopic (exact) mass is 179 g/mol. The average molecular weight is 180 g/mol. The molecule has 0 saturated heterocycles. The summed E-state index contributed by atoms with van der Waals surface area (Å²) < 4.78 is 0. The molecule has 0 bridgehead atoms. The Morgan fingerprint density at radius 3 is 2.60 bits per heavy atom. The number of anilines is 1. The Kier molecular flexibility index (Phi) is 1.82. The first-order valence-electron chi connectivity index (χ1n) is 2.32. The van der Waals surface area contributed by atoms with Crippen molar-refractivity contribution in [1.29, 1.82) is 0 Å². The van der Waals surface area contributed by atoms with E-state index in [0.29, 0.717) is 0 Å². The van der Waals surface area contributed by atoms with E-state index in [1.165, 1.54) is 0 Å². The van der Waals surface area contributed by atoms with Crippen molar-refractivity contribution in [3.63, 3.8) is 0 Å². The Hall–Kier alpha value is -0.740. The second-order valence-corrected chi connectivity index (χ2v) is 2.29. The van der Waals surface area contributed by atoms with Crippen LogP contribution in [0.1, 0.15) is 0 Å². The number of rotatable bonds is 0. The third-order valence-electron chi connectivity index (χ3n) is 0.841. The third kappa shape index (κ3) is 1.22. The van der Waals surface area contributed by atoms with Crippen molar-refractivity contribution in [1.82, 2.24) is 9.97 Å². The first kappa shape index (κ1) is 7.37. The number of nitrogens with two attached hydrogens (primary N) is 1. The van der Waals surface area contributed by atoms with Gasteiger partial charge >= 0.3 is 0 Å². The SMILES string of the molecule is Nc1nc(Cl)c(Cl)c(=O)[nH]1. The van der Waals surface area contributed by atoms with Crippen LogP contribution in [0, 0.1) is 0 Å². The fourth-order valence-electron chi connectivity index (χ4n) is 0.448. The van der Waals surface area contributed by atoms with Crippen LogP contribution in [0.4, 0.5) is 5.95 Å². The maximum Gasteiger partial charge on any atom is 0.272 e. The zero-order chi connectivity index (χ0) is 7.72. The molecule has 10 heavy (non-hydrogen) atoms. The van der Waals surface area contributed by atoms with E-state index in [2.05, 4.69) is 9.97 Å². The van der Waals surface area contributed by atoms with E-state index in [-0.39, 0.29) is 16.1 Å². The van der Waals surface area contributed by atoms with Crippen molar-refractivity contribution in [2.75, 3.05) is 5.73 Å². The van der Waals surface area contributed by atoms with Crippen LogP contribution < -0.4 is 11.3 Å². The number of hydrogen-bond acceptors (Lipinski definition) is 3. The summed E-state index contributed by atoms with van der Waals surface area (Å²) in [7, 11) is 0. The highest BCUT2D eigenvalue weighted by atomic mass is 35.5. The van der Waals surface area contributed by atoms with E-state index in [9.17, 15) is 4.79 Å². The molecule has 54 valence electrons. The van der Waals surface area contributed by atoms with Gasteiger partial charge in [-0.2, -0.15) is 0 Å². The van der Waals surface area contributed by atoms with Gasteiger partial charge in [0.05, 0.1) is 0 Å². The molecule has 0 amide bonds. The fraction of sp³-hybridized carbons (Fsp3) is 0. The molecule has 1 aromatic heterocycles. The molecule has 3 N–H and O–H groups in total. The number of nitrogen functional groups attached to an aromatic ring is 1. The lowest BCUT2D eigenvalue weighted by molar-refractivity contribution is 1.14. The van der Waals surface area contributed by atoms with E-state index in [1.54, 1.807) is 0 Å². The molecule has 0 spiro atoms. The fourth-order valence-corrected chi connectivity index (χ4v) is 0.714. The molecule has 0 unspecified atom stereocenters. The van der Waals surface area contributed by atoms with Gasteiger partial charge < -0.3 is 5.73 Å².